The number of amides is 1. The van der Waals surface area contributed by atoms with Crippen LogP contribution in [0.4, 0.5) is 13.2 Å². The van der Waals surface area contributed by atoms with Gasteiger partial charge >= 0.3 is 6.18 Å². The molecule has 27 heavy (non-hydrogen) atoms. The first-order chi connectivity index (χ1) is 12.8. The molecule has 2 aromatic rings. The van der Waals surface area contributed by atoms with Gasteiger partial charge in [0, 0.05) is 17.7 Å². The highest BCUT2D eigenvalue weighted by Gasteiger charge is 2.35. The second-order valence-electron chi connectivity index (χ2n) is 6.34. The molecule has 0 radical (unpaired) electrons. The molecule has 1 atom stereocenters. The SMILES string of the molecule is COc1ccc(OC)c(C2CCCN2C(=O)c2cccc(C(F)(F)F)c2)c1. The summed E-state index contributed by atoms with van der Waals surface area (Å²) in [7, 11) is 3.09. The Kier molecular flexibility index (Phi) is 5.30. The molecule has 0 aromatic heterocycles. The van der Waals surface area contributed by atoms with Crippen LogP contribution in [0, 0.1) is 0 Å². The molecule has 3 rings (SSSR count). The van der Waals surface area contributed by atoms with Gasteiger partial charge in [-0.25, -0.2) is 0 Å². The minimum absolute atomic E-state index is 0.0265. The van der Waals surface area contributed by atoms with Crippen molar-refractivity contribution in [2.75, 3.05) is 20.8 Å². The molecule has 0 saturated carbocycles. The standard InChI is InChI=1S/C20H20F3NO3/c1-26-15-8-9-18(27-2)16(12-15)17-7-4-10-24(17)19(25)13-5-3-6-14(11-13)20(21,22)23/h3,5-6,8-9,11-12,17H,4,7,10H2,1-2H3. The quantitative estimate of drug-likeness (QED) is 0.773. The third kappa shape index (κ3) is 3.86. The third-order valence-electron chi connectivity index (χ3n) is 4.75. The summed E-state index contributed by atoms with van der Waals surface area (Å²) in [5.74, 6) is 0.821. The summed E-state index contributed by atoms with van der Waals surface area (Å²) in [6, 6.07) is 9.58. The number of alkyl halides is 3. The molecular weight excluding hydrogens is 359 g/mol. The predicted molar refractivity (Wildman–Crippen MR) is 94.0 cm³/mol. The molecule has 0 spiro atoms. The van der Waals surface area contributed by atoms with Crippen LogP contribution in [0.15, 0.2) is 42.5 Å². The fourth-order valence-corrected chi connectivity index (χ4v) is 3.43. The number of ether oxygens (including phenoxy) is 2. The summed E-state index contributed by atoms with van der Waals surface area (Å²) >= 11 is 0. The van der Waals surface area contributed by atoms with Gasteiger partial charge in [0.25, 0.3) is 5.91 Å². The van der Waals surface area contributed by atoms with Crippen molar-refractivity contribution in [3.8, 4) is 11.5 Å². The van der Waals surface area contributed by atoms with E-state index in [4.69, 9.17) is 9.47 Å². The number of hydrogen-bond donors (Lipinski definition) is 0. The Morgan fingerprint density at radius 1 is 1.11 bits per heavy atom. The average molecular weight is 379 g/mol. The van der Waals surface area contributed by atoms with Gasteiger partial charge < -0.3 is 14.4 Å². The van der Waals surface area contributed by atoms with Gasteiger partial charge in [-0.1, -0.05) is 6.07 Å². The molecule has 1 aliphatic rings. The zero-order valence-corrected chi connectivity index (χ0v) is 15.0. The highest BCUT2D eigenvalue weighted by Crippen LogP contribution is 2.40. The van der Waals surface area contributed by atoms with Crippen molar-refractivity contribution in [1.82, 2.24) is 4.90 Å². The molecule has 0 N–H and O–H groups in total. The van der Waals surface area contributed by atoms with Gasteiger partial charge in [-0.05, 0) is 49.2 Å². The number of halogens is 3. The second kappa shape index (κ2) is 7.50. The van der Waals surface area contributed by atoms with Gasteiger partial charge in [-0.15, -0.1) is 0 Å². The summed E-state index contributed by atoms with van der Waals surface area (Å²) < 4.78 is 49.6. The Balaban J connectivity index is 1.94. The van der Waals surface area contributed by atoms with E-state index in [1.807, 2.05) is 0 Å². The van der Waals surface area contributed by atoms with Crippen molar-refractivity contribution >= 4 is 5.91 Å². The molecule has 7 heteroatoms. The molecule has 1 unspecified atom stereocenters. The molecule has 144 valence electrons. The van der Waals surface area contributed by atoms with E-state index in [2.05, 4.69) is 0 Å². The first kappa shape index (κ1) is 19.1. The van der Waals surface area contributed by atoms with E-state index in [1.165, 1.54) is 12.1 Å². The average Bonchev–Trinajstić information content (AvgIpc) is 3.15. The van der Waals surface area contributed by atoms with E-state index in [-0.39, 0.29) is 11.6 Å². The molecular formula is C20H20F3NO3. The van der Waals surface area contributed by atoms with Crippen molar-refractivity contribution in [2.45, 2.75) is 25.1 Å². The Labute approximate surface area is 155 Å². The van der Waals surface area contributed by atoms with Crippen LogP contribution in [-0.4, -0.2) is 31.6 Å². The van der Waals surface area contributed by atoms with E-state index < -0.39 is 17.6 Å². The first-order valence-corrected chi connectivity index (χ1v) is 8.55. The fraction of sp³-hybridized carbons (Fsp3) is 0.350. The van der Waals surface area contributed by atoms with Crippen molar-refractivity contribution in [2.24, 2.45) is 0 Å². The minimum Gasteiger partial charge on any atom is -0.497 e. The summed E-state index contributed by atoms with van der Waals surface area (Å²) in [6.07, 6.45) is -3.03. The monoisotopic (exact) mass is 379 g/mol. The Hall–Kier alpha value is -2.70. The van der Waals surface area contributed by atoms with Crippen LogP contribution in [-0.2, 0) is 6.18 Å². The molecule has 0 bridgehead atoms. The summed E-state index contributed by atoms with van der Waals surface area (Å²) in [5.41, 5.74) is -0.0173. The van der Waals surface area contributed by atoms with Gasteiger partial charge in [-0.2, -0.15) is 13.2 Å². The van der Waals surface area contributed by atoms with E-state index >= 15 is 0 Å². The number of likely N-dealkylation sites (tertiary alicyclic amines) is 1. The summed E-state index contributed by atoms with van der Waals surface area (Å²) in [6.45, 7) is 0.472. The first-order valence-electron chi connectivity index (χ1n) is 8.55. The number of carbonyl (C=O) groups is 1. The lowest BCUT2D eigenvalue weighted by atomic mass is 10.0. The fourth-order valence-electron chi connectivity index (χ4n) is 3.43. The van der Waals surface area contributed by atoms with Crippen molar-refractivity contribution in [3.05, 3.63) is 59.2 Å². The maximum Gasteiger partial charge on any atom is 0.416 e. The van der Waals surface area contributed by atoms with E-state index in [1.54, 1.807) is 37.3 Å². The molecule has 1 aliphatic heterocycles. The molecule has 1 saturated heterocycles. The molecule has 1 fully saturated rings. The zero-order chi connectivity index (χ0) is 19.6. The lowest BCUT2D eigenvalue weighted by molar-refractivity contribution is -0.137. The summed E-state index contributed by atoms with van der Waals surface area (Å²) in [4.78, 5) is 14.6. The van der Waals surface area contributed by atoms with Gasteiger partial charge in [-0.3, -0.25) is 4.79 Å². The van der Waals surface area contributed by atoms with Crippen molar-refractivity contribution in [1.29, 1.82) is 0 Å². The molecule has 4 nitrogen and oxygen atoms in total. The number of carbonyl (C=O) groups excluding carboxylic acids is 1. The van der Waals surface area contributed by atoms with Crippen LogP contribution >= 0.6 is 0 Å². The molecule has 1 amide bonds. The molecule has 0 aliphatic carbocycles. The third-order valence-corrected chi connectivity index (χ3v) is 4.75. The van der Waals surface area contributed by atoms with Crippen LogP contribution < -0.4 is 9.47 Å². The van der Waals surface area contributed by atoms with E-state index in [0.29, 0.717) is 24.5 Å². The number of nitrogens with zero attached hydrogens (tertiary/aromatic N) is 1. The smallest absolute Gasteiger partial charge is 0.416 e. The highest BCUT2D eigenvalue weighted by atomic mass is 19.4. The summed E-state index contributed by atoms with van der Waals surface area (Å²) in [5, 5.41) is 0. The van der Waals surface area contributed by atoms with Crippen LogP contribution in [0.2, 0.25) is 0 Å². The van der Waals surface area contributed by atoms with Crippen LogP contribution in [0.1, 0.15) is 40.4 Å². The Bertz CT molecular complexity index is 835. The predicted octanol–water partition coefficient (Wildman–Crippen LogP) is 4.70. The Morgan fingerprint density at radius 2 is 1.89 bits per heavy atom. The molecule has 1 heterocycles. The number of benzene rings is 2. The number of methoxy groups -OCH3 is 2. The maximum atomic E-state index is 13.0. The normalized spacial score (nSPS) is 17.1. The van der Waals surface area contributed by atoms with Gasteiger partial charge in [0.2, 0.25) is 0 Å². The lowest BCUT2D eigenvalue weighted by Crippen LogP contribution is -2.31. The zero-order valence-electron chi connectivity index (χ0n) is 15.0. The van der Waals surface area contributed by atoms with Gasteiger partial charge in [0.1, 0.15) is 11.5 Å². The van der Waals surface area contributed by atoms with Crippen molar-refractivity contribution in [3.63, 3.8) is 0 Å². The van der Waals surface area contributed by atoms with E-state index in [0.717, 1.165) is 24.1 Å². The van der Waals surface area contributed by atoms with Crippen molar-refractivity contribution < 1.29 is 27.4 Å². The minimum atomic E-state index is -4.49. The van der Waals surface area contributed by atoms with Crippen LogP contribution in [0.3, 0.4) is 0 Å². The highest BCUT2D eigenvalue weighted by molar-refractivity contribution is 5.95. The van der Waals surface area contributed by atoms with E-state index in [9.17, 15) is 18.0 Å². The topological polar surface area (TPSA) is 38.8 Å². The largest absolute Gasteiger partial charge is 0.497 e. The van der Waals surface area contributed by atoms with Gasteiger partial charge in [0.15, 0.2) is 0 Å². The van der Waals surface area contributed by atoms with Crippen LogP contribution in [0.25, 0.3) is 0 Å². The Morgan fingerprint density at radius 3 is 2.56 bits per heavy atom. The molecule has 2 aromatic carbocycles. The van der Waals surface area contributed by atoms with Gasteiger partial charge in [0.05, 0.1) is 25.8 Å². The second-order valence-corrected chi connectivity index (χ2v) is 6.34. The number of rotatable bonds is 4. The maximum absolute atomic E-state index is 13.0. The lowest BCUT2D eigenvalue weighted by Gasteiger charge is -2.27. The number of hydrogen-bond acceptors (Lipinski definition) is 3. The van der Waals surface area contributed by atoms with Crippen LogP contribution in [0.5, 0.6) is 11.5 Å².